The fourth-order valence-corrected chi connectivity index (χ4v) is 3.00. The highest BCUT2D eigenvalue weighted by molar-refractivity contribution is 7.11. The number of hydrogen-bond donors (Lipinski definition) is 1. The summed E-state index contributed by atoms with van der Waals surface area (Å²) in [5.74, 6) is -0.966. The van der Waals surface area contributed by atoms with E-state index in [-0.39, 0.29) is 11.6 Å². The van der Waals surface area contributed by atoms with Crippen LogP contribution in [0.15, 0.2) is 18.2 Å². The van der Waals surface area contributed by atoms with Crippen LogP contribution < -0.4 is 5.32 Å². The molecule has 108 valence electrons. The summed E-state index contributed by atoms with van der Waals surface area (Å²) in [7, 11) is 0. The molecular weight excluding hydrogens is 278 g/mol. The van der Waals surface area contributed by atoms with E-state index in [9.17, 15) is 8.78 Å². The first kappa shape index (κ1) is 15.1. The zero-order chi connectivity index (χ0) is 14.7. The molecule has 0 aliphatic carbocycles. The van der Waals surface area contributed by atoms with Gasteiger partial charge in [0.05, 0.1) is 10.7 Å². The minimum atomic E-state index is -0.483. The molecule has 0 aliphatic heterocycles. The number of halogens is 2. The maximum absolute atomic E-state index is 13.6. The Labute approximate surface area is 121 Å². The van der Waals surface area contributed by atoms with Crippen molar-refractivity contribution in [3.8, 4) is 0 Å². The molecule has 1 unspecified atom stereocenters. The van der Waals surface area contributed by atoms with Crippen LogP contribution in [-0.4, -0.2) is 11.0 Å². The summed E-state index contributed by atoms with van der Waals surface area (Å²) in [5.41, 5.74) is 1.16. The zero-order valence-corrected chi connectivity index (χ0v) is 12.7. The van der Waals surface area contributed by atoms with E-state index < -0.39 is 11.6 Å². The highest BCUT2D eigenvalue weighted by Crippen LogP contribution is 2.18. The highest BCUT2D eigenvalue weighted by atomic mass is 32.1. The first-order valence-corrected chi connectivity index (χ1v) is 7.38. The summed E-state index contributed by atoms with van der Waals surface area (Å²) in [6.45, 7) is 6.55. The molecule has 0 spiro atoms. The molecule has 0 fully saturated rings. The van der Waals surface area contributed by atoms with E-state index in [4.69, 9.17) is 0 Å². The summed E-state index contributed by atoms with van der Waals surface area (Å²) in [6.07, 6.45) is 0.329. The first-order valence-electron chi connectivity index (χ1n) is 6.56. The fourth-order valence-electron chi connectivity index (χ4n) is 2.11. The molecular formula is C15H18F2N2S. The van der Waals surface area contributed by atoms with Crippen molar-refractivity contribution in [3.05, 3.63) is 51.0 Å². The lowest BCUT2D eigenvalue weighted by Crippen LogP contribution is -2.28. The van der Waals surface area contributed by atoms with Crippen molar-refractivity contribution in [2.24, 2.45) is 0 Å². The van der Waals surface area contributed by atoms with Gasteiger partial charge in [0.25, 0.3) is 0 Å². The van der Waals surface area contributed by atoms with Crippen molar-refractivity contribution in [1.82, 2.24) is 10.3 Å². The molecule has 0 saturated heterocycles. The van der Waals surface area contributed by atoms with Crippen molar-refractivity contribution in [2.75, 3.05) is 0 Å². The molecule has 5 heteroatoms. The molecule has 20 heavy (non-hydrogen) atoms. The molecule has 0 aliphatic rings. The Morgan fingerprint density at radius 2 is 1.90 bits per heavy atom. The maximum atomic E-state index is 13.6. The molecule has 0 bridgehead atoms. The molecule has 2 nitrogen and oxygen atoms in total. The van der Waals surface area contributed by atoms with Crippen LogP contribution in [0.25, 0.3) is 0 Å². The van der Waals surface area contributed by atoms with Gasteiger partial charge in [-0.3, -0.25) is 0 Å². The van der Waals surface area contributed by atoms with Gasteiger partial charge >= 0.3 is 0 Å². The average molecular weight is 296 g/mol. The molecule has 1 heterocycles. The van der Waals surface area contributed by atoms with E-state index in [0.717, 1.165) is 10.7 Å². The smallest absolute Gasteiger partial charge is 0.129 e. The fraction of sp³-hybridized carbons (Fsp3) is 0.400. The Morgan fingerprint density at radius 1 is 1.25 bits per heavy atom. The minimum Gasteiger partial charge on any atom is -0.309 e. The van der Waals surface area contributed by atoms with Crippen LogP contribution in [0.4, 0.5) is 8.78 Å². The Bertz CT molecular complexity index is 575. The zero-order valence-electron chi connectivity index (χ0n) is 11.8. The van der Waals surface area contributed by atoms with E-state index in [1.54, 1.807) is 11.3 Å². The third kappa shape index (κ3) is 3.61. The van der Waals surface area contributed by atoms with Crippen molar-refractivity contribution in [2.45, 2.75) is 39.8 Å². The van der Waals surface area contributed by atoms with Gasteiger partial charge in [0, 0.05) is 23.0 Å². The number of aromatic nitrogens is 1. The molecule has 2 aromatic rings. The quantitative estimate of drug-likeness (QED) is 0.908. The maximum Gasteiger partial charge on any atom is 0.129 e. The van der Waals surface area contributed by atoms with Crippen LogP contribution >= 0.6 is 11.3 Å². The van der Waals surface area contributed by atoms with Crippen molar-refractivity contribution < 1.29 is 8.78 Å². The van der Waals surface area contributed by atoms with Crippen LogP contribution in [0.5, 0.6) is 0 Å². The van der Waals surface area contributed by atoms with E-state index in [1.165, 1.54) is 23.1 Å². The van der Waals surface area contributed by atoms with Crippen LogP contribution in [0.3, 0.4) is 0 Å². The summed E-state index contributed by atoms with van der Waals surface area (Å²) in [4.78, 5) is 5.53. The van der Waals surface area contributed by atoms with Gasteiger partial charge in [-0.2, -0.15) is 0 Å². The van der Waals surface area contributed by atoms with Crippen LogP contribution in [0.1, 0.15) is 28.1 Å². The predicted octanol–water partition coefficient (Wildman–Crippen LogP) is 3.76. The number of nitrogens with zero attached hydrogens (tertiary/aromatic N) is 1. The van der Waals surface area contributed by atoms with Crippen LogP contribution in [0, 0.1) is 25.5 Å². The number of rotatable bonds is 5. The normalized spacial score (nSPS) is 12.7. The number of hydrogen-bond acceptors (Lipinski definition) is 3. The summed E-state index contributed by atoms with van der Waals surface area (Å²) >= 11 is 1.65. The second kappa shape index (κ2) is 6.41. The lowest BCUT2D eigenvalue weighted by atomic mass is 10.1. The van der Waals surface area contributed by atoms with Gasteiger partial charge in [-0.1, -0.05) is 6.07 Å². The Kier molecular flexibility index (Phi) is 4.83. The summed E-state index contributed by atoms with van der Waals surface area (Å²) in [5, 5.41) is 4.33. The van der Waals surface area contributed by atoms with Crippen molar-refractivity contribution >= 4 is 11.3 Å². The van der Waals surface area contributed by atoms with E-state index >= 15 is 0 Å². The van der Waals surface area contributed by atoms with Gasteiger partial charge in [0.1, 0.15) is 11.6 Å². The third-order valence-electron chi connectivity index (χ3n) is 3.18. The Morgan fingerprint density at radius 3 is 2.45 bits per heavy atom. The van der Waals surface area contributed by atoms with Gasteiger partial charge in [-0.25, -0.2) is 13.8 Å². The molecule has 2 rings (SSSR count). The molecule has 1 aromatic heterocycles. The van der Waals surface area contributed by atoms with Crippen LogP contribution in [0.2, 0.25) is 0 Å². The van der Waals surface area contributed by atoms with Gasteiger partial charge in [-0.05, 0) is 39.3 Å². The van der Waals surface area contributed by atoms with Gasteiger partial charge in [0.2, 0.25) is 0 Å². The number of nitrogens with one attached hydrogen (secondary N) is 1. The van der Waals surface area contributed by atoms with Crippen LogP contribution in [-0.2, 0) is 13.0 Å². The molecule has 1 N–H and O–H groups in total. The monoisotopic (exact) mass is 296 g/mol. The molecule has 0 radical (unpaired) electrons. The lowest BCUT2D eigenvalue weighted by Gasteiger charge is -2.14. The molecule has 0 saturated carbocycles. The van der Waals surface area contributed by atoms with Gasteiger partial charge in [-0.15, -0.1) is 11.3 Å². The SMILES string of the molecule is Cc1nc(C)c(CNC(C)Cc2c(F)cccc2F)s1. The second-order valence-electron chi connectivity index (χ2n) is 4.93. The second-order valence-corrected chi connectivity index (χ2v) is 6.22. The topological polar surface area (TPSA) is 24.9 Å². The standard InChI is InChI=1S/C15H18F2N2S/c1-9(7-12-13(16)5-4-6-14(12)17)18-8-15-10(2)19-11(3)20-15/h4-6,9,18H,7-8H2,1-3H3. The minimum absolute atomic E-state index is 0.0109. The number of thiazole rings is 1. The molecule has 1 atom stereocenters. The summed E-state index contributed by atoms with van der Waals surface area (Å²) in [6, 6.07) is 3.96. The van der Waals surface area contributed by atoms with Crippen molar-refractivity contribution in [3.63, 3.8) is 0 Å². The molecule has 0 amide bonds. The van der Waals surface area contributed by atoms with Gasteiger partial charge < -0.3 is 5.32 Å². The van der Waals surface area contributed by atoms with Crippen molar-refractivity contribution in [1.29, 1.82) is 0 Å². The summed E-state index contributed by atoms with van der Waals surface area (Å²) < 4.78 is 27.1. The number of aryl methyl sites for hydroxylation is 2. The van der Waals surface area contributed by atoms with Gasteiger partial charge in [0.15, 0.2) is 0 Å². The third-order valence-corrected chi connectivity index (χ3v) is 4.26. The van der Waals surface area contributed by atoms with E-state index in [1.807, 2.05) is 20.8 Å². The molecule has 1 aromatic carbocycles. The highest BCUT2D eigenvalue weighted by Gasteiger charge is 2.13. The largest absolute Gasteiger partial charge is 0.309 e. The van der Waals surface area contributed by atoms with E-state index in [0.29, 0.717) is 13.0 Å². The Hall–Kier alpha value is -1.33. The number of benzene rings is 1. The lowest BCUT2D eigenvalue weighted by molar-refractivity contribution is 0.500. The van der Waals surface area contributed by atoms with E-state index in [2.05, 4.69) is 10.3 Å². The average Bonchev–Trinajstić information content (AvgIpc) is 2.70. The Balaban J connectivity index is 1.96. The predicted molar refractivity (Wildman–Crippen MR) is 78.0 cm³/mol. The first-order chi connectivity index (χ1) is 9.47.